The summed E-state index contributed by atoms with van der Waals surface area (Å²) in [6, 6.07) is 5.52. The van der Waals surface area contributed by atoms with Crippen LogP contribution in [0, 0.1) is 0 Å². The van der Waals surface area contributed by atoms with E-state index in [-0.39, 0.29) is 5.92 Å². The predicted octanol–water partition coefficient (Wildman–Crippen LogP) is 2.84. The molecule has 0 saturated carbocycles. The molecule has 25 heavy (non-hydrogen) atoms. The molecule has 1 unspecified atom stereocenters. The highest BCUT2D eigenvalue weighted by Crippen LogP contribution is 2.33. The monoisotopic (exact) mass is 334 g/mol. The van der Waals surface area contributed by atoms with Crippen LogP contribution in [-0.2, 0) is 0 Å². The summed E-state index contributed by atoms with van der Waals surface area (Å²) in [4.78, 5) is 23.9. The Morgan fingerprint density at radius 2 is 1.84 bits per heavy atom. The first-order valence-electron chi connectivity index (χ1n) is 8.31. The van der Waals surface area contributed by atoms with Gasteiger partial charge in [-0.15, -0.1) is 0 Å². The molecule has 3 aromatic heterocycles. The first-order valence-corrected chi connectivity index (χ1v) is 8.31. The molecule has 0 aliphatic carbocycles. The summed E-state index contributed by atoms with van der Waals surface area (Å²) in [6.45, 7) is 1.74. The maximum absolute atomic E-state index is 5.92. The molecule has 0 radical (unpaired) electrons. The van der Waals surface area contributed by atoms with Gasteiger partial charge in [0.25, 0.3) is 0 Å². The van der Waals surface area contributed by atoms with E-state index in [1.165, 1.54) is 0 Å². The second-order valence-electron chi connectivity index (χ2n) is 5.87. The van der Waals surface area contributed by atoms with Crippen molar-refractivity contribution in [1.82, 2.24) is 24.9 Å². The number of anilines is 1. The molecular formula is C18H18N6O. The molecule has 1 fully saturated rings. The van der Waals surface area contributed by atoms with E-state index in [1.54, 1.807) is 37.2 Å². The van der Waals surface area contributed by atoms with Crippen molar-refractivity contribution in [2.45, 2.75) is 18.8 Å². The van der Waals surface area contributed by atoms with Crippen molar-refractivity contribution in [2.24, 2.45) is 0 Å². The zero-order chi connectivity index (χ0) is 16.9. The SMILES string of the molecule is c1cnc(N2CCCC(c3nccnc3Oc3cccnc3)C2)nc1. The number of nitrogens with zero attached hydrogens (tertiary/aromatic N) is 6. The number of ether oxygens (including phenoxy) is 1. The topological polar surface area (TPSA) is 76.9 Å². The van der Waals surface area contributed by atoms with Gasteiger partial charge >= 0.3 is 0 Å². The van der Waals surface area contributed by atoms with E-state index in [9.17, 15) is 0 Å². The van der Waals surface area contributed by atoms with Crippen LogP contribution in [0.25, 0.3) is 0 Å². The Hall–Kier alpha value is -3.09. The molecule has 1 aliphatic rings. The lowest BCUT2D eigenvalue weighted by atomic mass is 9.95. The Morgan fingerprint density at radius 1 is 0.960 bits per heavy atom. The van der Waals surface area contributed by atoms with Crippen LogP contribution in [0.5, 0.6) is 11.6 Å². The summed E-state index contributed by atoms with van der Waals surface area (Å²) in [5.41, 5.74) is 0.868. The van der Waals surface area contributed by atoms with Crippen molar-refractivity contribution in [1.29, 1.82) is 0 Å². The highest BCUT2D eigenvalue weighted by atomic mass is 16.5. The highest BCUT2D eigenvalue weighted by molar-refractivity contribution is 5.34. The summed E-state index contributed by atoms with van der Waals surface area (Å²) in [5.74, 6) is 2.17. The van der Waals surface area contributed by atoms with Crippen LogP contribution in [0.15, 0.2) is 55.4 Å². The average Bonchev–Trinajstić information content (AvgIpc) is 2.70. The molecule has 0 spiro atoms. The molecule has 0 N–H and O–H groups in total. The van der Waals surface area contributed by atoms with Crippen molar-refractivity contribution >= 4 is 5.95 Å². The number of rotatable bonds is 4. The standard InChI is InChI=1S/C18H18N6O/c1-5-15(12-19-6-1)25-17-16(20-9-10-21-17)14-4-2-11-24(13-14)18-22-7-3-8-23-18/h1,3,5-10,12,14H,2,4,11,13H2. The van der Waals surface area contributed by atoms with Crippen molar-refractivity contribution in [3.05, 3.63) is 61.1 Å². The fraction of sp³-hybridized carbons (Fsp3) is 0.278. The Labute approximate surface area is 145 Å². The minimum Gasteiger partial charge on any atom is -0.436 e. The van der Waals surface area contributed by atoms with E-state index < -0.39 is 0 Å². The average molecular weight is 334 g/mol. The van der Waals surface area contributed by atoms with Gasteiger partial charge in [0.1, 0.15) is 11.4 Å². The molecule has 0 bridgehead atoms. The van der Waals surface area contributed by atoms with Crippen LogP contribution in [0.4, 0.5) is 5.95 Å². The van der Waals surface area contributed by atoms with Crippen molar-refractivity contribution < 1.29 is 4.74 Å². The van der Waals surface area contributed by atoms with E-state index in [0.717, 1.165) is 37.6 Å². The van der Waals surface area contributed by atoms with Gasteiger partial charge in [0, 0.05) is 50.0 Å². The van der Waals surface area contributed by atoms with E-state index in [2.05, 4.69) is 29.8 Å². The maximum atomic E-state index is 5.92. The predicted molar refractivity (Wildman–Crippen MR) is 92.6 cm³/mol. The van der Waals surface area contributed by atoms with E-state index in [4.69, 9.17) is 4.74 Å². The van der Waals surface area contributed by atoms with Crippen LogP contribution in [0.2, 0.25) is 0 Å². The van der Waals surface area contributed by atoms with Crippen LogP contribution in [-0.4, -0.2) is 38.0 Å². The third-order valence-electron chi connectivity index (χ3n) is 4.18. The number of hydrogen-bond donors (Lipinski definition) is 0. The van der Waals surface area contributed by atoms with Gasteiger partial charge in [0.05, 0.1) is 6.20 Å². The second-order valence-corrected chi connectivity index (χ2v) is 5.87. The van der Waals surface area contributed by atoms with Crippen LogP contribution < -0.4 is 9.64 Å². The third-order valence-corrected chi connectivity index (χ3v) is 4.18. The van der Waals surface area contributed by atoms with Gasteiger partial charge in [0.15, 0.2) is 0 Å². The van der Waals surface area contributed by atoms with Gasteiger partial charge in [-0.2, -0.15) is 0 Å². The lowest BCUT2D eigenvalue weighted by molar-refractivity contribution is 0.424. The first-order chi connectivity index (χ1) is 12.4. The molecule has 4 heterocycles. The number of piperidine rings is 1. The van der Waals surface area contributed by atoms with Crippen molar-refractivity contribution in [3.63, 3.8) is 0 Å². The molecule has 0 amide bonds. The van der Waals surface area contributed by atoms with Gasteiger partial charge in [0.2, 0.25) is 11.8 Å². The van der Waals surface area contributed by atoms with Crippen molar-refractivity contribution in [2.75, 3.05) is 18.0 Å². The fourth-order valence-corrected chi connectivity index (χ4v) is 3.05. The first kappa shape index (κ1) is 15.4. The smallest absolute Gasteiger partial charge is 0.241 e. The van der Waals surface area contributed by atoms with Crippen LogP contribution in [0.1, 0.15) is 24.5 Å². The number of pyridine rings is 1. The van der Waals surface area contributed by atoms with Gasteiger partial charge < -0.3 is 9.64 Å². The quantitative estimate of drug-likeness (QED) is 0.726. The normalized spacial score (nSPS) is 17.3. The molecule has 7 nitrogen and oxygen atoms in total. The Bertz CT molecular complexity index is 814. The van der Waals surface area contributed by atoms with E-state index in [0.29, 0.717) is 11.6 Å². The second kappa shape index (κ2) is 7.21. The summed E-state index contributed by atoms with van der Waals surface area (Å²) in [6.07, 6.45) is 12.4. The molecular weight excluding hydrogens is 316 g/mol. The Morgan fingerprint density at radius 3 is 2.68 bits per heavy atom. The molecule has 1 aliphatic heterocycles. The van der Waals surface area contributed by atoms with Gasteiger partial charge in [-0.25, -0.2) is 15.0 Å². The minimum absolute atomic E-state index is 0.220. The minimum atomic E-state index is 0.220. The fourth-order valence-electron chi connectivity index (χ4n) is 3.05. The Kier molecular flexibility index (Phi) is 4.45. The zero-order valence-electron chi connectivity index (χ0n) is 13.7. The third kappa shape index (κ3) is 3.55. The molecule has 1 atom stereocenters. The zero-order valence-corrected chi connectivity index (χ0v) is 13.7. The van der Waals surface area contributed by atoms with Gasteiger partial charge in [-0.1, -0.05) is 0 Å². The summed E-state index contributed by atoms with van der Waals surface area (Å²) in [7, 11) is 0. The lowest BCUT2D eigenvalue weighted by Crippen LogP contribution is -2.36. The number of aromatic nitrogens is 5. The molecule has 1 saturated heterocycles. The summed E-state index contributed by atoms with van der Waals surface area (Å²) < 4.78 is 5.92. The van der Waals surface area contributed by atoms with Crippen molar-refractivity contribution in [3.8, 4) is 11.6 Å². The van der Waals surface area contributed by atoms with Crippen LogP contribution in [0.3, 0.4) is 0 Å². The summed E-state index contributed by atoms with van der Waals surface area (Å²) in [5, 5.41) is 0. The lowest BCUT2D eigenvalue weighted by Gasteiger charge is -2.32. The van der Waals surface area contributed by atoms with E-state index in [1.807, 2.05) is 18.2 Å². The highest BCUT2D eigenvalue weighted by Gasteiger charge is 2.27. The molecule has 3 aromatic rings. The number of hydrogen-bond acceptors (Lipinski definition) is 7. The summed E-state index contributed by atoms with van der Waals surface area (Å²) >= 11 is 0. The molecule has 0 aromatic carbocycles. The van der Waals surface area contributed by atoms with Gasteiger partial charge in [-0.3, -0.25) is 9.97 Å². The maximum Gasteiger partial charge on any atom is 0.241 e. The van der Waals surface area contributed by atoms with Gasteiger partial charge in [-0.05, 0) is 31.0 Å². The molecule has 126 valence electrons. The molecule has 7 heteroatoms. The largest absolute Gasteiger partial charge is 0.436 e. The molecule has 4 rings (SSSR count). The Balaban J connectivity index is 1.57. The van der Waals surface area contributed by atoms with Crippen LogP contribution >= 0.6 is 0 Å². The van der Waals surface area contributed by atoms with E-state index >= 15 is 0 Å².